The lowest BCUT2D eigenvalue weighted by Crippen LogP contribution is -2.41. The number of hydrogen-bond acceptors (Lipinski definition) is 5. The molecule has 0 spiro atoms. The lowest BCUT2D eigenvalue weighted by molar-refractivity contribution is 0.227. The van der Waals surface area contributed by atoms with E-state index in [4.69, 9.17) is 0 Å². The minimum Gasteiger partial charge on any atom is -0.395 e. The van der Waals surface area contributed by atoms with Crippen molar-refractivity contribution in [2.75, 3.05) is 6.61 Å². The maximum Gasteiger partial charge on any atom is 0.241 e. The molecule has 2 aromatic rings. The van der Waals surface area contributed by atoms with E-state index in [1.54, 1.807) is 27.7 Å². The Bertz CT molecular complexity index is 1060. The third kappa shape index (κ3) is 5.22. The van der Waals surface area contributed by atoms with Gasteiger partial charge < -0.3 is 5.11 Å². The molecule has 160 valence electrons. The first kappa shape index (κ1) is 23.5. The van der Waals surface area contributed by atoms with Gasteiger partial charge in [-0.25, -0.2) is 25.9 Å². The summed E-state index contributed by atoms with van der Waals surface area (Å²) < 4.78 is 67.5. The van der Waals surface area contributed by atoms with Gasteiger partial charge in [-0.05, 0) is 53.8 Å². The number of hydrogen-bond donors (Lipinski definition) is 2. The highest BCUT2D eigenvalue weighted by Gasteiger charge is 2.28. The zero-order valence-electron chi connectivity index (χ0n) is 16.8. The van der Waals surface area contributed by atoms with Gasteiger partial charge in [-0.2, -0.15) is 0 Å². The van der Waals surface area contributed by atoms with E-state index >= 15 is 0 Å². The number of nitrogens with one attached hydrogen (secondary N) is 1. The molecule has 2 aromatic carbocycles. The van der Waals surface area contributed by atoms with E-state index in [0.717, 1.165) is 30.3 Å². The quantitative estimate of drug-likeness (QED) is 0.611. The van der Waals surface area contributed by atoms with Gasteiger partial charge >= 0.3 is 0 Å². The molecular weight excluding hydrogens is 417 g/mol. The molecule has 0 aliphatic carbocycles. The molecule has 0 bridgehead atoms. The molecule has 2 rings (SSSR count). The van der Waals surface area contributed by atoms with Crippen LogP contribution in [0.15, 0.2) is 57.2 Å². The Morgan fingerprint density at radius 2 is 1.48 bits per heavy atom. The monoisotopic (exact) mass is 443 g/mol. The molecule has 0 aliphatic heterocycles. The zero-order valence-corrected chi connectivity index (χ0v) is 18.4. The Kier molecular flexibility index (Phi) is 7.21. The van der Waals surface area contributed by atoms with Crippen LogP contribution in [-0.4, -0.2) is 34.6 Å². The molecule has 0 aromatic heterocycles. The normalized spacial score (nSPS) is 13.8. The summed E-state index contributed by atoms with van der Waals surface area (Å²) in [6.45, 7) is 6.74. The van der Waals surface area contributed by atoms with Crippen LogP contribution in [0.25, 0.3) is 0 Å². The van der Waals surface area contributed by atoms with Crippen molar-refractivity contribution in [2.24, 2.45) is 5.92 Å². The van der Waals surface area contributed by atoms with Gasteiger partial charge in [-0.1, -0.05) is 33.8 Å². The highest BCUT2D eigenvalue weighted by molar-refractivity contribution is 7.91. The molecule has 0 amide bonds. The van der Waals surface area contributed by atoms with E-state index in [1.807, 2.05) is 0 Å². The Morgan fingerprint density at radius 1 is 0.931 bits per heavy atom. The largest absolute Gasteiger partial charge is 0.395 e. The van der Waals surface area contributed by atoms with Crippen molar-refractivity contribution in [1.82, 2.24) is 4.72 Å². The van der Waals surface area contributed by atoms with E-state index in [9.17, 15) is 26.3 Å². The Labute approximate surface area is 171 Å². The maximum absolute atomic E-state index is 13.2. The third-order valence-corrected chi connectivity index (χ3v) is 7.95. The van der Waals surface area contributed by atoms with Crippen LogP contribution in [0.2, 0.25) is 0 Å². The third-order valence-electron chi connectivity index (χ3n) is 4.64. The van der Waals surface area contributed by atoms with Crippen molar-refractivity contribution in [3.8, 4) is 0 Å². The molecular formula is C20H26FNO5S2. The van der Waals surface area contributed by atoms with Crippen molar-refractivity contribution >= 4 is 19.9 Å². The van der Waals surface area contributed by atoms with Gasteiger partial charge in [0.25, 0.3) is 0 Å². The predicted molar refractivity (Wildman–Crippen MR) is 108 cm³/mol. The van der Waals surface area contributed by atoms with Crippen LogP contribution < -0.4 is 4.72 Å². The van der Waals surface area contributed by atoms with Gasteiger partial charge in [0.2, 0.25) is 19.9 Å². The first-order valence-corrected chi connectivity index (χ1v) is 12.1. The highest BCUT2D eigenvalue weighted by atomic mass is 32.2. The molecule has 2 N–H and O–H groups in total. The number of benzene rings is 2. The maximum atomic E-state index is 13.2. The summed E-state index contributed by atoms with van der Waals surface area (Å²) >= 11 is 0. The van der Waals surface area contributed by atoms with Crippen LogP contribution in [0.4, 0.5) is 4.39 Å². The summed E-state index contributed by atoms with van der Waals surface area (Å²) in [5.41, 5.74) is 0.455. The van der Waals surface area contributed by atoms with E-state index in [0.29, 0.717) is 5.56 Å². The van der Waals surface area contributed by atoms with Crippen molar-refractivity contribution < 1.29 is 26.3 Å². The lowest BCUT2D eigenvalue weighted by Gasteiger charge is -2.22. The number of halogens is 1. The van der Waals surface area contributed by atoms with Crippen molar-refractivity contribution in [2.45, 2.75) is 54.3 Å². The minimum absolute atomic E-state index is 0.136. The standard InChI is InChI=1S/C20H26FNO5S2/c1-13(2)18-10-9-17(28(24,25)16-7-5-15(21)6-8-16)11-20(18)29(26,27)22-19(12-23)14(3)4/h5-11,13-14,19,22-23H,12H2,1-4H3. The summed E-state index contributed by atoms with van der Waals surface area (Å²) in [5, 5.41) is 9.49. The Balaban J connectivity index is 2.62. The van der Waals surface area contributed by atoms with Crippen LogP contribution in [0, 0.1) is 11.7 Å². The number of aliphatic hydroxyl groups is 1. The van der Waals surface area contributed by atoms with Crippen molar-refractivity contribution in [3.63, 3.8) is 0 Å². The van der Waals surface area contributed by atoms with Gasteiger partial charge in [0.1, 0.15) is 5.82 Å². The van der Waals surface area contributed by atoms with Crippen LogP contribution in [-0.2, 0) is 19.9 Å². The second kappa shape index (κ2) is 8.91. The number of rotatable bonds is 8. The molecule has 0 saturated carbocycles. The number of sulfonamides is 1. The number of sulfone groups is 1. The van der Waals surface area contributed by atoms with Crippen LogP contribution in [0.1, 0.15) is 39.2 Å². The fourth-order valence-electron chi connectivity index (χ4n) is 2.79. The molecule has 0 fully saturated rings. The topological polar surface area (TPSA) is 101 Å². The fourth-order valence-corrected chi connectivity index (χ4v) is 5.92. The fraction of sp³-hybridized carbons (Fsp3) is 0.400. The van der Waals surface area contributed by atoms with Gasteiger partial charge in [0, 0.05) is 6.04 Å². The smallest absolute Gasteiger partial charge is 0.241 e. The number of aliphatic hydroxyl groups excluding tert-OH is 1. The van der Waals surface area contributed by atoms with E-state index in [-0.39, 0.29) is 33.1 Å². The summed E-state index contributed by atoms with van der Waals surface area (Å²) in [6, 6.07) is 7.55. The minimum atomic E-state index is -4.10. The Morgan fingerprint density at radius 3 is 1.97 bits per heavy atom. The van der Waals surface area contributed by atoms with E-state index in [1.165, 1.54) is 12.1 Å². The molecule has 0 saturated heterocycles. The average molecular weight is 444 g/mol. The van der Waals surface area contributed by atoms with Gasteiger partial charge in [-0.3, -0.25) is 0 Å². The Hall–Kier alpha value is -1.81. The summed E-state index contributed by atoms with van der Waals surface area (Å²) in [7, 11) is -8.14. The molecule has 1 atom stereocenters. The molecule has 29 heavy (non-hydrogen) atoms. The SMILES string of the molecule is CC(C)c1ccc(S(=O)(=O)c2ccc(F)cc2)cc1S(=O)(=O)NC(CO)C(C)C. The molecule has 0 heterocycles. The molecule has 0 aliphatic rings. The van der Waals surface area contributed by atoms with Crippen LogP contribution in [0.5, 0.6) is 0 Å². The summed E-state index contributed by atoms with van der Waals surface area (Å²) in [6.07, 6.45) is 0. The summed E-state index contributed by atoms with van der Waals surface area (Å²) in [4.78, 5) is -0.503. The second-order valence-corrected chi connectivity index (χ2v) is 11.1. The van der Waals surface area contributed by atoms with Gasteiger partial charge in [0.15, 0.2) is 0 Å². The van der Waals surface area contributed by atoms with Gasteiger partial charge in [0.05, 0.1) is 21.3 Å². The van der Waals surface area contributed by atoms with E-state index < -0.39 is 31.7 Å². The van der Waals surface area contributed by atoms with Crippen LogP contribution in [0.3, 0.4) is 0 Å². The predicted octanol–water partition coefficient (Wildman–Crippen LogP) is 3.08. The molecule has 0 radical (unpaired) electrons. The van der Waals surface area contributed by atoms with Crippen molar-refractivity contribution in [3.05, 3.63) is 53.8 Å². The van der Waals surface area contributed by atoms with Crippen molar-refractivity contribution in [1.29, 1.82) is 0 Å². The molecule has 6 nitrogen and oxygen atoms in total. The van der Waals surface area contributed by atoms with Crippen LogP contribution >= 0.6 is 0 Å². The van der Waals surface area contributed by atoms with E-state index in [2.05, 4.69) is 4.72 Å². The highest BCUT2D eigenvalue weighted by Crippen LogP contribution is 2.30. The molecule has 9 heteroatoms. The average Bonchev–Trinajstić information content (AvgIpc) is 2.65. The zero-order chi connectivity index (χ0) is 22.0. The van der Waals surface area contributed by atoms with Gasteiger partial charge in [-0.15, -0.1) is 0 Å². The first-order chi connectivity index (χ1) is 13.4. The first-order valence-electron chi connectivity index (χ1n) is 9.18. The lowest BCUT2D eigenvalue weighted by atomic mass is 10.0. The summed E-state index contributed by atoms with van der Waals surface area (Å²) in [5.74, 6) is -0.922. The second-order valence-electron chi connectivity index (χ2n) is 7.47. The molecule has 1 unspecified atom stereocenters.